The number of hydrogen-bond donors (Lipinski definition) is 1. The lowest BCUT2D eigenvalue weighted by molar-refractivity contribution is -0.337. The van der Waals surface area contributed by atoms with Crippen molar-refractivity contribution in [3.8, 4) is 5.75 Å². The molecular formula is C16H10F8O2. The van der Waals surface area contributed by atoms with Crippen LogP contribution in [0.5, 0.6) is 5.75 Å². The van der Waals surface area contributed by atoms with E-state index in [0.717, 1.165) is 36.4 Å². The van der Waals surface area contributed by atoms with Gasteiger partial charge in [-0.1, -0.05) is 48.5 Å². The van der Waals surface area contributed by atoms with Crippen LogP contribution in [0.3, 0.4) is 0 Å². The van der Waals surface area contributed by atoms with E-state index in [1.165, 1.54) is 6.07 Å². The third-order valence-electron chi connectivity index (χ3n) is 3.50. The molecule has 0 aliphatic carbocycles. The zero-order chi connectivity index (χ0) is 19.8. The van der Waals surface area contributed by atoms with Gasteiger partial charge in [-0.2, -0.15) is 22.0 Å². The van der Waals surface area contributed by atoms with Crippen LogP contribution in [0.4, 0.5) is 35.1 Å². The Labute approximate surface area is 141 Å². The molecule has 1 unspecified atom stereocenters. The molecule has 2 rings (SSSR count). The van der Waals surface area contributed by atoms with Gasteiger partial charge in [0.25, 0.3) is 0 Å². The van der Waals surface area contributed by atoms with E-state index in [4.69, 9.17) is 0 Å². The highest BCUT2D eigenvalue weighted by molar-refractivity contribution is 5.47. The van der Waals surface area contributed by atoms with E-state index in [0.29, 0.717) is 12.1 Å². The molecule has 0 amide bonds. The second-order valence-corrected chi connectivity index (χ2v) is 5.19. The summed E-state index contributed by atoms with van der Waals surface area (Å²) in [4.78, 5) is 0. The summed E-state index contributed by atoms with van der Waals surface area (Å²) in [6, 6.07) is 7.74. The van der Waals surface area contributed by atoms with E-state index in [-0.39, 0.29) is 0 Å². The van der Waals surface area contributed by atoms with Crippen LogP contribution in [0.25, 0.3) is 0 Å². The van der Waals surface area contributed by atoms with Crippen LogP contribution in [0.15, 0.2) is 54.6 Å². The summed E-state index contributed by atoms with van der Waals surface area (Å²) in [6.07, 6.45) is -11.6. The second kappa shape index (κ2) is 6.42. The average molecular weight is 386 g/mol. The van der Waals surface area contributed by atoms with Crippen molar-refractivity contribution in [3.63, 3.8) is 0 Å². The molecular weight excluding hydrogens is 376 g/mol. The fraction of sp³-hybridized carbons (Fsp3) is 0.250. The van der Waals surface area contributed by atoms with Crippen molar-refractivity contribution in [2.24, 2.45) is 0 Å². The lowest BCUT2D eigenvalue weighted by Gasteiger charge is -2.38. The predicted octanol–water partition coefficient (Wildman–Crippen LogP) is 5.02. The first kappa shape index (κ1) is 20.0. The third kappa shape index (κ3) is 3.46. The van der Waals surface area contributed by atoms with E-state index < -0.39 is 40.9 Å². The minimum Gasteiger partial charge on any atom is -0.405 e. The normalized spacial score (nSPS) is 15.4. The molecule has 1 atom stereocenters. The molecule has 0 spiro atoms. The van der Waals surface area contributed by atoms with E-state index in [1.54, 1.807) is 0 Å². The first-order valence-corrected chi connectivity index (χ1v) is 6.88. The van der Waals surface area contributed by atoms with Crippen LogP contribution in [0.2, 0.25) is 0 Å². The smallest absolute Gasteiger partial charge is 0.405 e. The van der Waals surface area contributed by atoms with Gasteiger partial charge in [0.1, 0.15) is 5.75 Å². The standard InChI is InChI=1S/C16H10F8O2/c17-14(18,15(19,20)21)13(25,10-6-2-1-3-7-10)11-8-4-5-9-12(11)26-16(22,23)24/h1-9,25H. The molecule has 1 N–H and O–H groups in total. The number of alkyl halides is 8. The van der Waals surface area contributed by atoms with Gasteiger partial charge in [0, 0.05) is 5.56 Å². The highest BCUT2D eigenvalue weighted by Gasteiger charge is 2.71. The molecule has 2 aromatic carbocycles. The van der Waals surface area contributed by atoms with Crippen molar-refractivity contribution in [1.82, 2.24) is 0 Å². The molecule has 10 heteroatoms. The summed E-state index contributed by atoms with van der Waals surface area (Å²) in [5.74, 6) is -7.21. The molecule has 0 saturated heterocycles. The van der Waals surface area contributed by atoms with E-state index >= 15 is 0 Å². The van der Waals surface area contributed by atoms with Crippen molar-refractivity contribution in [3.05, 3.63) is 65.7 Å². The van der Waals surface area contributed by atoms with Crippen molar-refractivity contribution in [2.45, 2.75) is 24.1 Å². The maximum Gasteiger partial charge on any atom is 0.573 e. The molecule has 2 aromatic rings. The molecule has 0 bridgehead atoms. The maximum absolute atomic E-state index is 14.3. The number of ether oxygens (including phenoxy) is 1. The van der Waals surface area contributed by atoms with Gasteiger partial charge in [-0.15, -0.1) is 13.2 Å². The fourth-order valence-corrected chi connectivity index (χ4v) is 2.37. The first-order valence-electron chi connectivity index (χ1n) is 6.88. The number of halogens is 8. The van der Waals surface area contributed by atoms with Crippen LogP contribution in [-0.2, 0) is 5.60 Å². The number of benzene rings is 2. The Morgan fingerprint density at radius 2 is 1.19 bits per heavy atom. The predicted molar refractivity (Wildman–Crippen MR) is 73.6 cm³/mol. The highest BCUT2D eigenvalue weighted by atomic mass is 19.4. The van der Waals surface area contributed by atoms with Gasteiger partial charge >= 0.3 is 18.5 Å². The van der Waals surface area contributed by atoms with Crippen LogP contribution < -0.4 is 4.74 Å². The van der Waals surface area contributed by atoms with Crippen molar-refractivity contribution < 1.29 is 45.0 Å². The largest absolute Gasteiger partial charge is 0.573 e. The van der Waals surface area contributed by atoms with Gasteiger partial charge in [0.2, 0.25) is 0 Å². The zero-order valence-electron chi connectivity index (χ0n) is 12.6. The Bertz CT molecular complexity index is 755. The minimum absolute atomic E-state index is 0.508. The van der Waals surface area contributed by atoms with Gasteiger partial charge < -0.3 is 9.84 Å². The van der Waals surface area contributed by atoms with Crippen LogP contribution >= 0.6 is 0 Å². The Hall–Kier alpha value is -2.36. The van der Waals surface area contributed by atoms with E-state index in [1.807, 2.05) is 0 Å². The van der Waals surface area contributed by atoms with Gasteiger partial charge in [0.05, 0.1) is 0 Å². The van der Waals surface area contributed by atoms with E-state index in [9.17, 15) is 40.2 Å². The lowest BCUT2D eigenvalue weighted by Crippen LogP contribution is -2.55. The minimum atomic E-state index is -6.26. The highest BCUT2D eigenvalue weighted by Crippen LogP contribution is 2.53. The molecule has 2 nitrogen and oxygen atoms in total. The van der Waals surface area contributed by atoms with Crippen molar-refractivity contribution in [2.75, 3.05) is 0 Å². The number of rotatable bonds is 4. The number of aliphatic hydroxyl groups is 1. The monoisotopic (exact) mass is 386 g/mol. The van der Waals surface area contributed by atoms with Gasteiger partial charge in [-0.25, -0.2) is 0 Å². The lowest BCUT2D eigenvalue weighted by atomic mass is 9.80. The number of para-hydroxylation sites is 1. The Kier molecular flexibility index (Phi) is 4.93. The summed E-state index contributed by atoms with van der Waals surface area (Å²) < 4.78 is 109. The zero-order valence-corrected chi connectivity index (χ0v) is 12.6. The number of hydrogen-bond acceptors (Lipinski definition) is 2. The first-order chi connectivity index (χ1) is 11.8. The van der Waals surface area contributed by atoms with Crippen LogP contribution in [-0.4, -0.2) is 23.6 Å². The molecule has 0 saturated carbocycles. The molecule has 0 heterocycles. The summed E-state index contributed by atoms with van der Waals surface area (Å²) >= 11 is 0. The van der Waals surface area contributed by atoms with E-state index in [2.05, 4.69) is 4.74 Å². The van der Waals surface area contributed by atoms with Crippen molar-refractivity contribution >= 4 is 0 Å². The topological polar surface area (TPSA) is 29.5 Å². The molecule has 0 aromatic heterocycles. The molecule has 0 radical (unpaired) electrons. The Balaban J connectivity index is 2.80. The summed E-state index contributed by atoms with van der Waals surface area (Å²) in [5.41, 5.74) is -6.50. The van der Waals surface area contributed by atoms with Gasteiger partial charge in [-0.3, -0.25) is 0 Å². The second-order valence-electron chi connectivity index (χ2n) is 5.19. The average Bonchev–Trinajstić information content (AvgIpc) is 2.52. The van der Waals surface area contributed by atoms with Crippen LogP contribution in [0.1, 0.15) is 11.1 Å². The molecule has 26 heavy (non-hydrogen) atoms. The van der Waals surface area contributed by atoms with Crippen LogP contribution in [0, 0.1) is 0 Å². The molecule has 0 aliphatic heterocycles. The van der Waals surface area contributed by atoms with Crippen molar-refractivity contribution in [1.29, 1.82) is 0 Å². The summed E-state index contributed by atoms with van der Waals surface area (Å²) in [7, 11) is 0. The molecule has 0 aliphatic rings. The SMILES string of the molecule is OC(c1ccccc1)(c1ccccc1OC(F)(F)F)C(F)(F)C(F)(F)F. The van der Waals surface area contributed by atoms with Gasteiger partial charge in [-0.05, 0) is 11.6 Å². The maximum atomic E-state index is 14.3. The fourth-order valence-electron chi connectivity index (χ4n) is 2.37. The quantitative estimate of drug-likeness (QED) is 0.748. The van der Waals surface area contributed by atoms with Gasteiger partial charge in [0.15, 0.2) is 5.60 Å². The Morgan fingerprint density at radius 3 is 1.69 bits per heavy atom. The summed E-state index contributed by atoms with van der Waals surface area (Å²) in [5, 5.41) is 10.5. The Morgan fingerprint density at radius 1 is 0.692 bits per heavy atom. The summed E-state index contributed by atoms with van der Waals surface area (Å²) in [6.45, 7) is 0. The molecule has 0 fully saturated rings. The third-order valence-corrected chi connectivity index (χ3v) is 3.50. The molecule has 142 valence electrons.